The molecular weight excluding hydrogens is 268 g/mol. The van der Waals surface area contributed by atoms with Gasteiger partial charge in [-0.05, 0) is 43.9 Å². The number of aryl methyl sites for hydroxylation is 1. The van der Waals surface area contributed by atoms with Gasteiger partial charge in [0.1, 0.15) is 6.54 Å². The van der Waals surface area contributed by atoms with Crippen LogP contribution in [0.15, 0.2) is 18.2 Å². The van der Waals surface area contributed by atoms with E-state index in [2.05, 4.69) is 0 Å². The van der Waals surface area contributed by atoms with E-state index in [0.717, 1.165) is 37.2 Å². The third-order valence-electron chi connectivity index (χ3n) is 4.03. The molecule has 0 radical (unpaired) electrons. The molecule has 0 bridgehead atoms. The number of rotatable bonds is 2. The lowest BCUT2D eigenvalue weighted by molar-refractivity contribution is -0.133. The van der Waals surface area contributed by atoms with Crippen LogP contribution in [-0.4, -0.2) is 43.0 Å². The maximum Gasteiger partial charge on any atom is 0.331 e. The summed E-state index contributed by atoms with van der Waals surface area (Å²) in [6.07, 6.45) is 3.34. The van der Waals surface area contributed by atoms with Crippen LogP contribution in [0.5, 0.6) is 5.75 Å². The van der Waals surface area contributed by atoms with E-state index in [1.165, 1.54) is 6.42 Å². The van der Waals surface area contributed by atoms with E-state index in [0.29, 0.717) is 5.75 Å². The molecule has 21 heavy (non-hydrogen) atoms. The number of nitrogens with zero attached hydrogens (tertiary/aromatic N) is 2. The summed E-state index contributed by atoms with van der Waals surface area (Å²) in [5.74, 6) is 0.341. The van der Waals surface area contributed by atoms with Crippen LogP contribution in [0.2, 0.25) is 0 Å². The molecule has 1 fully saturated rings. The largest absolute Gasteiger partial charge is 0.423 e. The number of fused-ring (bicyclic) bond motifs is 1. The monoisotopic (exact) mass is 288 g/mol. The molecule has 0 saturated carbocycles. The van der Waals surface area contributed by atoms with Crippen LogP contribution in [0.3, 0.4) is 0 Å². The molecule has 2 aliphatic heterocycles. The summed E-state index contributed by atoms with van der Waals surface area (Å²) in [5.41, 5.74) is 1.86. The van der Waals surface area contributed by atoms with Crippen molar-refractivity contribution >= 4 is 17.6 Å². The predicted molar refractivity (Wildman–Crippen MR) is 79.5 cm³/mol. The Morgan fingerprint density at radius 3 is 2.76 bits per heavy atom. The summed E-state index contributed by atoms with van der Waals surface area (Å²) in [5, 5.41) is 0. The van der Waals surface area contributed by atoms with Crippen molar-refractivity contribution in [1.29, 1.82) is 0 Å². The number of likely N-dealkylation sites (tertiary alicyclic amines) is 1. The van der Waals surface area contributed by atoms with Gasteiger partial charge in [0.2, 0.25) is 5.91 Å². The molecule has 1 aromatic carbocycles. The number of hydrogen-bond donors (Lipinski definition) is 0. The number of amides is 1. The summed E-state index contributed by atoms with van der Waals surface area (Å²) in [6, 6.07) is 5.72. The first-order valence-corrected chi connectivity index (χ1v) is 7.47. The van der Waals surface area contributed by atoms with E-state index in [9.17, 15) is 9.59 Å². The summed E-state index contributed by atoms with van der Waals surface area (Å²) < 4.78 is 5.26. The van der Waals surface area contributed by atoms with Gasteiger partial charge in [0.05, 0.1) is 12.2 Å². The first-order valence-electron chi connectivity index (χ1n) is 7.47. The molecular formula is C16H20N2O3. The SMILES string of the molecule is Cc1ccc2c(c1)OC(=O)CN2CC(=O)N1CCCCC1. The van der Waals surface area contributed by atoms with Gasteiger partial charge in [-0.25, -0.2) is 4.79 Å². The minimum Gasteiger partial charge on any atom is -0.423 e. The van der Waals surface area contributed by atoms with E-state index in [-0.39, 0.29) is 25.0 Å². The summed E-state index contributed by atoms with van der Waals surface area (Å²) in [4.78, 5) is 27.8. The van der Waals surface area contributed by atoms with Crippen LogP contribution >= 0.6 is 0 Å². The summed E-state index contributed by atoms with van der Waals surface area (Å²) in [6.45, 7) is 3.99. The quantitative estimate of drug-likeness (QED) is 0.614. The number of anilines is 1. The van der Waals surface area contributed by atoms with Crippen molar-refractivity contribution in [3.05, 3.63) is 23.8 Å². The van der Waals surface area contributed by atoms with Gasteiger partial charge < -0.3 is 14.5 Å². The van der Waals surface area contributed by atoms with E-state index < -0.39 is 0 Å². The maximum absolute atomic E-state index is 12.4. The second-order valence-corrected chi connectivity index (χ2v) is 5.74. The Labute approximate surface area is 124 Å². The molecule has 2 aliphatic rings. The molecule has 0 unspecified atom stereocenters. The van der Waals surface area contributed by atoms with Gasteiger partial charge in [-0.15, -0.1) is 0 Å². The lowest BCUT2D eigenvalue weighted by Crippen LogP contribution is -2.46. The molecule has 1 saturated heterocycles. The highest BCUT2D eigenvalue weighted by Crippen LogP contribution is 2.32. The van der Waals surface area contributed by atoms with Crippen LogP contribution in [0.1, 0.15) is 24.8 Å². The first-order chi connectivity index (χ1) is 10.1. The average Bonchev–Trinajstić information content (AvgIpc) is 2.47. The van der Waals surface area contributed by atoms with Gasteiger partial charge in [-0.1, -0.05) is 6.07 Å². The third kappa shape index (κ3) is 3.01. The van der Waals surface area contributed by atoms with E-state index in [4.69, 9.17) is 4.74 Å². The van der Waals surface area contributed by atoms with Gasteiger partial charge in [-0.3, -0.25) is 4.79 Å². The van der Waals surface area contributed by atoms with Gasteiger partial charge in [0.15, 0.2) is 5.75 Å². The van der Waals surface area contributed by atoms with Crippen LogP contribution in [0.4, 0.5) is 5.69 Å². The molecule has 0 atom stereocenters. The van der Waals surface area contributed by atoms with Crippen LogP contribution in [0, 0.1) is 6.92 Å². The van der Waals surface area contributed by atoms with Gasteiger partial charge >= 0.3 is 5.97 Å². The standard InChI is InChI=1S/C16H20N2O3/c1-12-5-6-13-14(9-12)21-16(20)11-18(13)10-15(19)17-7-3-2-4-8-17/h5-6,9H,2-4,7-8,10-11H2,1H3. The van der Waals surface area contributed by atoms with Gasteiger partial charge in [0, 0.05) is 13.1 Å². The molecule has 0 spiro atoms. The second-order valence-electron chi connectivity index (χ2n) is 5.74. The highest BCUT2D eigenvalue weighted by atomic mass is 16.5. The second kappa shape index (κ2) is 5.76. The lowest BCUT2D eigenvalue weighted by atomic mass is 10.1. The fourth-order valence-corrected chi connectivity index (χ4v) is 2.91. The van der Waals surface area contributed by atoms with Crippen LogP contribution in [-0.2, 0) is 9.59 Å². The summed E-state index contributed by atoms with van der Waals surface area (Å²) >= 11 is 0. The normalized spacial score (nSPS) is 18.2. The Morgan fingerprint density at radius 1 is 1.24 bits per heavy atom. The van der Waals surface area contributed by atoms with Gasteiger partial charge in [-0.2, -0.15) is 0 Å². The molecule has 0 N–H and O–H groups in total. The van der Waals surface area contributed by atoms with Crippen molar-refractivity contribution in [3.8, 4) is 5.75 Å². The minimum absolute atomic E-state index is 0.0934. The molecule has 1 amide bonds. The lowest BCUT2D eigenvalue weighted by Gasteiger charge is -2.33. The Kier molecular flexibility index (Phi) is 3.82. The maximum atomic E-state index is 12.4. The zero-order valence-corrected chi connectivity index (χ0v) is 12.3. The molecule has 112 valence electrons. The summed E-state index contributed by atoms with van der Waals surface area (Å²) in [7, 11) is 0. The van der Waals surface area contributed by atoms with Crippen molar-refractivity contribution in [2.45, 2.75) is 26.2 Å². The Hall–Kier alpha value is -2.04. The van der Waals surface area contributed by atoms with Gasteiger partial charge in [0.25, 0.3) is 0 Å². The number of esters is 1. The predicted octanol–water partition coefficient (Wildman–Crippen LogP) is 1.73. The average molecular weight is 288 g/mol. The van der Waals surface area contributed by atoms with E-state index in [1.807, 2.05) is 34.9 Å². The molecule has 0 aliphatic carbocycles. The van der Waals surface area contributed by atoms with Crippen molar-refractivity contribution < 1.29 is 14.3 Å². The van der Waals surface area contributed by atoms with Crippen molar-refractivity contribution in [2.24, 2.45) is 0 Å². The van der Waals surface area contributed by atoms with Crippen molar-refractivity contribution in [2.75, 3.05) is 31.1 Å². The highest BCUT2D eigenvalue weighted by molar-refractivity contribution is 5.89. The number of piperidine rings is 1. The number of carbonyl (C=O) groups is 2. The Balaban J connectivity index is 1.76. The minimum atomic E-state index is -0.306. The Morgan fingerprint density at radius 2 is 2.00 bits per heavy atom. The van der Waals surface area contributed by atoms with Crippen molar-refractivity contribution in [3.63, 3.8) is 0 Å². The van der Waals surface area contributed by atoms with E-state index >= 15 is 0 Å². The Bertz CT molecular complexity index is 565. The van der Waals surface area contributed by atoms with Crippen LogP contribution < -0.4 is 9.64 Å². The molecule has 5 heteroatoms. The topological polar surface area (TPSA) is 49.9 Å². The smallest absolute Gasteiger partial charge is 0.331 e. The molecule has 0 aromatic heterocycles. The molecule has 5 nitrogen and oxygen atoms in total. The zero-order valence-electron chi connectivity index (χ0n) is 12.3. The fraction of sp³-hybridized carbons (Fsp3) is 0.500. The number of ether oxygens (including phenoxy) is 1. The first kappa shape index (κ1) is 13.9. The number of carbonyl (C=O) groups excluding carboxylic acids is 2. The van der Waals surface area contributed by atoms with Crippen molar-refractivity contribution in [1.82, 2.24) is 4.90 Å². The number of benzene rings is 1. The zero-order chi connectivity index (χ0) is 14.8. The third-order valence-corrected chi connectivity index (χ3v) is 4.03. The van der Waals surface area contributed by atoms with Crippen LogP contribution in [0.25, 0.3) is 0 Å². The molecule has 3 rings (SSSR count). The highest BCUT2D eigenvalue weighted by Gasteiger charge is 2.27. The molecule has 1 aromatic rings. The molecule has 2 heterocycles. The number of hydrogen-bond acceptors (Lipinski definition) is 4. The fourth-order valence-electron chi connectivity index (χ4n) is 2.91. The van der Waals surface area contributed by atoms with E-state index in [1.54, 1.807) is 0 Å².